The normalized spacial score (nSPS) is 16.8. The number of nitrogens with zero attached hydrogens (tertiary/aromatic N) is 5. The molecular weight excluding hydrogens is 316 g/mol. The lowest BCUT2D eigenvalue weighted by Gasteiger charge is -2.24. The molecule has 25 heavy (non-hydrogen) atoms. The van der Waals surface area contributed by atoms with Crippen molar-refractivity contribution in [2.24, 2.45) is 5.92 Å². The summed E-state index contributed by atoms with van der Waals surface area (Å²) in [5, 5.41) is 16.1. The fourth-order valence-electron chi connectivity index (χ4n) is 3.29. The number of aryl methyl sites for hydroxylation is 2. The van der Waals surface area contributed by atoms with Crippen LogP contribution in [-0.4, -0.2) is 31.4 Å². The second kappa shape index (κ2) is 7.14. The van der Waals surface area contributed by atoms with E-state index in [4.69, 9.17) is 4.52 Å². The van der Waals surface area contributed by atoms with Crippen LogP contribution in [0.2, 0.25) is 0 Å². The van der Waals surface area contributed by atoms with Crippen molar-refractivity contribution in [2.45, 2.75) is 39.3 Å². The van der Waals surface area contributed by atoms with Crippen molar-refractivity contribution in [3.63, 3.8) is 0 Å². The molecule has 0 bridgehead atoms. The van der Waals surface area contributed by atoms with E-state index in [0.29, 0.717) is 24.2 Å². The van der Waals surface area contributed by atoms with Gasteiger partial charge in [0.05, 0.1) is 6.54 Å². The first kappa shape index (κ1) is 16.0. The minimum atomic E-state index is 0.566. The molecule has 0 amide bonds. The molecule has 1 aliphatic heterocycles. The number of nitrogens with one attached hydrogen (secondary N) is 1. The summed E-state index contributed by atoms with van der Waals surface area (Å²) < 4.78 is 7.61. The predicted molar refractivity (Wildman–Crippen MR) is 92.7 cm³/mol. The number of benzene rings is 1. The number of aromatic nitrogens is 5. The lowest BCUT2D eigenvalue weighted by molar-refractivity contribution is 0.339. The topological polar surface area (TPSA) is 81.7 Å². The molecule has 0 aliphatic carbocycles. The predicted octanol–water partition coefficient (Wildman–Crippen LogP) is 2.24. The van der Waals surface area contributed by atoms with E-state index in [9.17, 15) is 0 Å². The Bertz CT molecular complexity index is 812. The van der Waals surface area contributed by atoms with E-state index in [1.165, 1.54) is 0 Å². The minimum absolute atomic E-state index is 0.566. The van der Waals surface area contributed by atoms with E-state index in [1.807, 2.05) is 30.3 Å². The maximum absolute atomic E-state index is 5.34. The zero-order valence-electron chi connectivity index (χ0n) is 14.4. The maximum Gasteiger partial charge on any atom is 0.257 e. The van der Waals surface area contributed by atoms with Gasteiger partial charge in [-0.2, -0.15) is 4.98 Å². The Balaban J connectivity index is 1.31. The second-order valence-corrected chi connectivity index (χ2v) is 6.41. The van der Waals surface area contributed by atoms with Crippen LogP contribution in [0.5, 0.6) is 0 Å². The first-order chi connectivity index (χ1) is 12.3. The van der Waals surface area contributed by atoms with Gasteiger partial charge in [0, 0.05) is 31.5 Å². The zero-order chi connectivity index (χ0) is 17.1. The Morgan fingerprint density at radius 1 is 1.24 bits per heavy atom. The molecule has 1 unspecified atom stereocenters. The monoisotopic (exact) mass is 338 g/mol. The Labute approximate surface area is 146 Å². The molecule has 3 aromatic rings. The third-order valence-electron chi connectivity index (χ3n) is 4.64. The highest BCUT2D eigenvalue weighted by Crippen LogP contribution is 2.20. The van der Waals surface area contributed by atoms with Crippen molar-refractivity contribution in [2.75, 3.05) is 6.54 Å². The highest BCUT2D eigenvalue weighted by molar-refractivity contribution is 5.51. The summed E-state index contributed by atoms with van der Waals surface area (Å²) >= 11 is 0. The molecule has 2 aromatic heterocycles. The molecule has 0 fully saturated rings. The third-order valence-corrected chi connectivity index (χ3v) is 4.64. The van der Waals surface area contributed by atoms with Gasteiger partial charge in [-0.25, -0.2) is 0 Å². The third kappa shape index (κ3) is 3.46. The lowest BCUT2D eigenvalue weighted by atomic mass is 9.99. The molecule has 1 atom stereocenters. The van der Waals surface area contributed by atoms with Crippen LogP contribution >= 0.6 is 0 Å². The van der Waals surface area contributed by atoms with Crippen molar-refractivity contribution < 1.29 is 4.52 Å². The van der Waals surface area contributed by atoms with Crippen LogP contribution in [-0.2, 0) is 25.9 Å². The molecule has 4 rings (SSSR count). The molecule has 0 spiro atoms. The van der Waals surface area contributed by atoms with Crippen LogP contribution in [0.15, 0.2) is 34.9 Å². The van der Waals surface area contributed by atoms with Crippen LogP contribution < -0.4 is 5.32 Å². The minimum Gasteiger partial charge on any atom is -0.334 e. The Morgan fingerprint density at radius 2 is 2.12 bits per heavy atom. The van der Waals surface area contributed by atoms with Crippen molar-refractivity contribution in [3.05, 3.63) is 47.8 Å². The quantitative estimate of drug-likeness (QED) is 0.742. The summed E-state index contributed by atoms with van der Waals surface area (Å²) in [5.41, 5.74) is 0.945. The van der Waals surface area contributed by atoms with Gasteiger partial charge in [0.15, 0.2) is 5.82 Å². The van der Waals surface area contributed by atoms with Gasteiger partial charge in [0.25, 0.3) is 5.89 Å². The van der Waals surface area contributed by atoms with Gasteiger partial charge in [-0.05, 0) is 24.5 Å². The molecule has 0 radical (unpaired) electrons. The van der Waals surface area contributed by atoms with Gasteiger partial charge in [-0.15, -0.1) is 10.2 Å². The highest BCUT2D eigenvalue weighted by atomic mass is 16.5. The van der Waals surface area contributed by atoms with E-state index in [-0.39, 0.29) is 0 Å². The summed E-state index contributed by atoms with van der Waals surface area (Å²) in [5.74, 6) is 4.05. The highest BCUT2D eigenvalue weighted by Gasteiger charge is 2.22. The van der Waals surface area contributed by atoms with Crippen LogP contribution in [0.1, 0.15) is 30.8 Å². The molecule has 1 N–H and O–H groups in total. The molecule has 0 saturated carbocycles. The lowest BCUT2D eigenvalue weighted by Crippen LogP contribution is -2.30. The van der Waals surface area contributed by atoms with Crippen molar-refractivity contribution >= 4 is 0 Å². The van der Waals surface area contributed by atoms with E-state index < -0.39 is 0 Å². The van der Waals surface area contributed by atoms with Gasteiger partial charge in [0.1, 0.15) is 11.6 Å². The number of rotatable bonds is 6. The molecule has 1 aromatic carbocycles. The Morgan fingerprint density at radius 3 is 2.96 bits per heavy atom. The van der Waals surface area contributed by atoms with E-state index >= 15 is 0 Å². The van der Waals surface area contributed by atoms with Gasteiger partial charge in [-0.1, -0.05) is 30.3 Å². The van der Waals surface area contributed by atoms with Gasteiger partial charge in [-0.3, -0.25) is 0 Å². The number of hydrogen-bond donors (Lipinski definition) is 1. The van der Waals surface area contributed by atoms with Crippen LogP contribution in [0, 0.1) is 5.92 Å². The van der Waals surface area contributed by atoms with E-state index in [2.05, 4.69) is 37.1 Å². The average molecular weight is 338 g/mol. The Kier molecular flexibility index (Phi) is 4.56. The van der Waals surface area contributed by atoms with Crippen molar-refractivity contribution in [1.29, 1.82) is 0 Å². The molecule has 7 heteroatoms. The fraction of sp³-hybridized carbons (Fsp3) is 0.444. The fourth-order valence-corrected chi connectivity index (χ4v) is 3.29. The largest absolute Gasteiger partial charge is 0.334 e. The van der Waals surface area contributed by atoms with Gasteiger partial charge >= 0.3 is 0 Å². The van der Waals surface area contributed by atoms with Crippen molar-refractivity contribution in [3.8, 4) is 11.5 Å². The molecular formula is C18H22N6O. The smallest absolute Gasteiger partial charge is 0.257 e. The van der Waals surface area contributed by atoms with E-state index in [1.54, 1.807) is 0 Å². The summed E-state index contributed by atoms with van der Waals surface area (Å²) in [6, 6.07) is 9.83. The standard InChI is InChI=1S/C18H22N6O/c1-2-16-21-22-17-9-8-13(12-24(16)17)10-19-11-15-20-18(25-23-15)14-6-4-3-5-7-14/h3-7,13,19H,2,8-12H2,1H3. The average Bonchev–Trinajstić information content (AvgIpc) is 3.29. The van der Waals surface area contributed by atoms with Crippen molar-refractivity contribution in [1.82, 2.24) is 30.2 Å². The SMILES string of the molecule is CCc1nnc2n1CC(CNCc1noc(-c3ccccc3)n1)CC2. The van der Waals surface area contributed by atoms with Crippen LogP contribution in [0.4, 0.5) is 0 Å². The van der Waals surface area contributed by atoms with Gasteiger partial charge < -0.3 is 14.4 Å². The maximum atomic E-state index is 5.34. The van der Waals surface area contributed by atoms with Crippen LogP contribution in [0.3, 0.4) is 0 Å². The van der Waals surface area contributed by atoms with E-state index in [0.717, 1.165) is 49.6 Å². The zero-order valence-corrected chi connectivity index (χ0v) is 14.4. The molecule has 3 heterocycles. The number of fused-ring (bicyclic) bond motifs is 1. The molecule has 1 aliphatic rings. The summed E-state index contributed by atoms with van der Waals surface area (Å²) in [6.45, 7) is 4.65. The number of hydrogen-bond acceptors (Lipinski definition) is 6. The summed E-state index contributed by atoms with van der Waals surface area (Å²) in [6.07, 6.45) is 3.06. The first-order valence-corrected chi connectivity index (χ1v) is 8.83. The van der Waals surface area contributed by atoms with Crippen LogP contribution in [0.25, 0.3) is 11.5 Å². The van der Waals surface area contributed by atoms with Gasteiger partial charge in [0.2, 0.25) is 0 Å². The first-order valence-electron chi connectivity index (χ1n) is 8.83. The second-order valence-electron chi connectivity index (χ2n) is 6.41. The molecule has 7 nitrogen and oxygen atoms in total. The summed E-state index contributed by atoms with van der Waals surface area (Å²) in [4.78, 5) is 4.45. The molecule has 0 saturated heterocycles. The Hall–Kier alpha value is -2.54. The molecule has 130 valence electrons. The summed E-state index contributed by atoms with van der Waals surface area (Å²) in [7, 11) is 0.